The molecule has 24 heavy (non-hydrogen) atoms. The molecule has 1 aromatic carbocycles. The summed E-state index contributed by atoms with van der Waals surface area (Å²) >= 11 is 0. The van der Waals surface area contributed by atoms with Crippen LogP contribution in [0.25, 0.3) is 0 Å². The van der Waals surface area contributed by atoms with Gasteiger partial charge in [0.15, 0.2) is 0 Å². The lowest BCUT2D eigenvalue weighted by Gasteiger charge is -2.30. The van der Waals surface area contributed by atoms with E-state index >= 15 is 0 Å². The monoisotopic (exact) mass is 333 g/mol. The van der Waals surface area contributed by atoms with Gasteiger partial charge in [0.2, 0.25) is 5.91 Å². The van der Waals surface area contributed by atoms with Crippen molar-refractivity contribution in [2.45, 2.75) is 32.6 Å². The molecule has 6 heteroatoms. The van der Waals surface area contributed by atoms with Crippen LogP contribution >= 0.6 is 0 Å². The van der Waals surface area contributed by atoms with Gasteiger partial charge in [-0.15, -0.1) is 0 Å². The van der Waals surface area contributed by atoms with Crippen LogP contribution < -0.4 is 15.8 Å². The van der Waals surface area contributed by atoms with Gasteiger partial charge in [0.1, 0.15) is 5.75 Å². The molecule has 1 aromatic rings. The number of primary amides is 1. The number of nitrogens with zero attached hydrogens (tertiary/aromatic N) is 1. The number of benzene rings is 1. The molecule has 132 valence electrons. The summed E-state index contributed by atoms with van der Waals surface area (Å²) < 4.78 is 5.55. The van der Waals surface area contributed by atoms with Crippen LogP contribution in [0.1, 0.15) is 31.7 Å². The first-order valence-electron chi connectivity index (χ1n) is 8.64. The van der Waals surface area contributed by atoms with E-state index in [1.165, 1.54) is 0 Å². The predicted octanol–water partition coefficient (Wildman–Crippen LogP) is 1.92. The number of ether oxygens (including phenoxy) is 1. The standard InChI is InChI=1S/C18H27N3O3/c1-2-12-24-16-7-5-14(6-8-16)9-10-20-17(22)15-4-3-11-21(13-15)18(19)23/h5-8,15H,2-4,9-13H2,1H3,(H2,19,23)(H,20,22)/t15-/m1/s1. The molecule has 1 heterocycles. The highest BCUT2D eigenvalue weighted by Crippen LogP contribution is 2.16. The molecule has 1 aliphatic rings. The SMILES string of the molecule is CCCOc1ccc(CCNC(=O)[C@@H]2CCCN(C(N)=O)C2)cc1. The first kappa shape index (κ1) is 18.1. The predicted molar refractivity (Wildman–Crippen MR) is 92.8 cm³/mol. The Bertz CT molecular complexity index is 545. The normalized spacial score (nSPS) is 17.4. The molecule has 0 radical (unpaired) electrons. The zero-order valence-electron chi connectivity index (χ0n) is 14.3. The molecule has 0 spiro atoms. The highest BCUT2D eigenvalue weighted by Gasteiger charge is 2.27. The van der Waals surface area contributed by atoms with Gasteiger partial charge in [-0.25, -0.2) is 4.79 Å². The van der Waals surface area contributed by atoms with Crippen LogP contribution in [0.2, 0.25) is 0 Å². The first-order valence-corrected chi connectivity index (χ1v) is 8.64. The Hall–Kier alpha value is -2.24. The first-order chi connectivity index (χ1) is 11.6. The Balaban J connectivity index is 1.73. The lowest BCUT2D eigenvalue weighted by molar-refractivity contribution is -0.126. The fourth-order valence-corrected chi connectivity index (χ4v) is 2.84. The summed E-state index contributed by atoms with van der Waals surface area (Å²) in [6, 6.07) is 7.51. The van der Waals surface area contributed by atoms with Crippen molar-refractivity contribution in [3.05, 3.63) is 29.8 Å². The third-order valence-corrected chi connectivity index (χ3v) is 4.21. The second-order valence-electron chi connectivity index (χ2n) is 6.16. The van der Waals surface area contributed by atoms with Crippen molar-refractivity contribution in [3.63, 3.8) is 0 Å². The van der Waals surface area contributed by atoms with Crippen molar-refractivity contribution < 1.29 is 14.3 Å². The minimum atomic E-state index is -0.446. The molecule has 3 amide bonds. The smallest absolute Gasteiger partial charge is 0.314 e. The molecular weight excluding hydrogens is 306 g/mol. The summed E-state index contributed by atoms with van der Waals surface area (Å²) in [7, 11) is 0. The van der Waals surface area contributed by atoms with Crippen molar-refractivity contribution in [1.29, 1.82) is 0 Å². The van der Waals surface area contributed by atoms with Gasteiger partial charge in [-0.3, -0.25) is 4.79 Å². The molecule has 6 nitrogen and oxygen atoms in total. The Morgan fingerprint density at radius 1 is 1.33 bits per heavy atom. The molecule has 0 bridgehead atoms. The number of amides is 3. The minimum absolute atomic E-state index is 0.00356. The highest BCUT2D eigenvalue weighted by atomic mass is 16.5. The molecule has 0 saturated carbocycles. The summed E-state index contributed by atoms with van der Waals surface area (Å²) in [4.78, 5) is 25.0. The van der Waals surface area contributed by atoms with E-state index in [-0.39, 0.29) is 11.8 Å². The number of carbonyl (C=O) groups is 2. The summed E-state index contributed by atoms with van der Waals surface area (Å²) in [5.41, 5.74) is 6.45. The van der Waals surface area contributed by atoms with Crippen LogP contribution in [-0.4, -0.2) is 43.1 Å². The maximum Gasteiger partial charge on any atom is 0.314 e. The van der Waals surface area contributed by atoms with Gasteiger partial charge in [-0.05, 0) is 43.4 Å². The summed E-state index contributed by atoms with van der Waals surface area (Å²) in [5.74, 6) is 0.721. The molecule has 1 atom stereocenters. The van der Waals surface area contributed by atoms with E-state index in [9.17, 15) is 9.59 Å². The number of carbonyl (C=O) groups excluding carboxylic acids is 2. The van der Waals surface area contributed by atoms with E-state index < -0.39 is 6.03 Å². The number of hydrogen-bond acceptors (Lipinski definition) is 3. The van der Waals surface area contributed by atoms with Gasteiger partial charge in [-0.1, -0.05) is 19.1 Å². The Kier molecular flexibility index (Phi) is 6.90. The fraction of sp³-hybridized carbons (Fsp3) is 0.556. The molecule has 2 rings (SSSR count). The van der Waals surface area contributed by atoms with Gasteiger partial charge in [-0.2, -0.15) is 0 Å². The zero-order valence-corrected chi connectivity index (χ0v) is 14.3. The number of likely N-dealkylation sites (tertiary alicyclic amines) is 1. The second-order valence-corrected chi connectivity index (χ2v) is 6.16. The van der Waals surface area contributed by atoms with Crippen molar-refractivity contribution in [2.24, 2.45) is 11.7 Å². The zero-order chi connectivity index (χ0) is 17.4. The van der Waals surface area contributed by atoms with Crippen LogP contribution in [0, 0.1) is 5.92 Å². The van der Waals surface area contributed by atoms with E-state index in [1.54, 1.807) is 4.90 Å². The summed E-state index contributed by atoms with van der Waals surface area (Å²) in [6.07, 6.45) is 3.38. The Morgan fingerprint density at radius 2 is 2.08 bits per heavy atom. The van der Waals surface area contributed by atoms with Crippen molar-refractivity contribution in [3.8, 4) is 5.75 Å². The van der Waals surface area contributed by atoms with Gasteiger partial charge in [0, 0.05) is 19.6 Å². The largest absolute Gasteiger partial charge is 0.494 e. The van der Waals surface area contributed by atoms with Gasteiger partial charge in [0.05, 0.1) is 12.5 Å². The van der Waals surface area contributed by atoms with E-state index in [0.717, 1.165) is 43.6 Å². The molecule has 1 saturated heterocycles. The highest BCUT2D eigenvalue weighted by molar-refractivity contribution is 5.80. The average Bonchev–Trinajstić information content (AvgIpc) is 2.61. The summed E-state index contributed by atoms with van der Waals surface area (Å²) in [5, 5.41) is 2.96. The van der Waals surface area contributed by atoms with Crippen LogP contribution in [0.5, 0.6) is 5.75 Å². The van der Waals surface area contributed by atoms with Gasteiger partial charge in [0.25, 0.3) is 0 Å². The molecule has 1 aliphatic heterocycles. The number of rotatable bonds is 7. The van der Waals surface area contributed by atoms with Crippen molar-refractivity contribution >= 4 is 11.9 Å². The quantitative estimate of drug-likeness (QED) is 0.799. The number of piperidine rings is 1. The maximum atomic E-state index is 12.2. The lowest BCUT2D eigenvalue weighted by atomic mass is 9.97. The topological polar surface area (TPSA) is 84.7 Å². The Labute approximate surface area is 143 Å². The van der Waals surface area contributed by atoms with Gasteiger partial charge >= 0.3 is 6.03 Å². The van der Waals surface area contributed by atoms with E-state index in [1.807, 2.05) is 24.3 Å². The summed E-state index contributed by atoms with van der Waals surface area (Å²) in [6.45, 7) is 4.45. The molecular formula is C18H27N3O3. The number of hydrogen-bond donors (Lipinski definition) is 2. The number of nitrogens with one attached hydrogen (secondary N) is 1. The average molecular weight is 333 g/mol. The second kappa shape index (κ2) is 9.15. The minimum Gasteiger partial charge on any atom is -0.494 e. The lowest BCUT2D eigenvalue weighted by Crippen LogP contribution is -2.47. The molecule has 0 unspecified atom stereocenters. The molecule has 3 N–H and O–H groups in total. The van der Waals surface area contributed by atoms with Crippen LogP contribution in [0.4, 0.5) is 4.79 Å². The van der Waals surface area contributed by atoms with E-state index in [2.05, 4.69) is 12.2 Å². The number of urea groups is 1. The van der Waals surface area contributed by atoms with E-state index in [0.29, 0.717) is 19.6 Å². The molecule has 0 aromatic heterocycles. The fourth-order valence-electron chi connectivity index (χ4n) is 2.84. The van der Waals surface area contributed by atoms with Crippen molar-refractivity contribution in [2.75, 3.05) is 26.2 Å². The number of nitrogens with two attached hydrogens (primary N) is 1. The van der Waals surface area contributed by atoms with Crippen LogP contribution in [0.15, 0.2) is 24.3 Å². The third kappa shape index (κ3) is 5.44. The molecule has 1 fully saturated rings. The third-order valence-electron chi connectivity index (χ3n) is 4.21. The maximum absolute atomic E-state index is 12.2. The van der Waals surface area contributed by atoms with Gasteiger partial charge < -0.3 is 20.7 Å². The van der Waals surface area contributed by atoms with Crippen molar-refractivity contribution in [1.82, 2.24) is 10.2 Å². The molecule has 0 aliphatic carbocycles. The Morgan fingerprint density at radius 3 is 2.75 bits per heavy atom. The van der Waals surface area contributed by atoms with E-state index in [4.69, 9.17) is 10.5 Å². The van der Waals surface area contributed by atoms with Crippen LogP contribution in [0.3, 0.4) is 0 Å². The van der Waals surface area contributed by atoms with Crippen LogP contribution in [-0.2, 0) is 11.2 Å².